The Labute approximate surface area is 210 Å². The Morgan fingerprint density at radius 3 is 2.54 bits per heavy atom. The van der Waals surface area contributed by atoms with Crippen molar-refractivity contribution in [1.29, 1.82) is 0 Å². The summed E-state index contributed by atoms with van der Waals surface area (Å²) in [4.78, 5) is 7.65. The van der Waals surface area contributed by atoms with Crippen LogP contribution >= 0.6 is 11.6 Å². The van der Waals surface area contributed by atoms with Gasteiger partial charge in [0.25, 0.3) is 10.0 Å². The highest BCUT2D eigenvalue weighted by molar-refractivity contribution is 7.92. The molecule has 0 bridgehead atoms. The topological polar surface area (TPSA) is 77.6 Å². The molecule has 1 aliphatic carbocycles. The van der Waals surface area contributed by atoms with Gasteiger partial charge in [-0.2, -0.15) is 4.39 Å². The van der Waals surface area contributed by atoms with Gasteiger partial charge in [-0.1, -0.05) is 30.5 Å². The van der Waals surface area contributed by atoms with Gasteiger partial charge in [0.2, 0.25) is 5.95 Å². The van der Waals surface area contributed by atoms with Gasteiger partial charge in [-0.05, 0) is 77.1 Å². The summed E-state index contributed by atoms with van der Waals surface area (Å²) < 4.78 is 55.9. The molecule has 2 atom stereocenters. The lowest BCUT2D eigenvalue weighted by atomic mass is 9.87. The standard InChI is InChI=1S/C24H32ClF2N5O2S/c1-31-12-10-16(11-13-31)32(2)21-7-4-3-6-19(21)28-20-15-18(26)22(14-17(20)25)35(33,34)30-24-9-5-8-23(27)29-24/h5,8-9,14-16,19,21,28H,3-4,6-7,10-13H2,1-2H3,(H,29,30)/t19-,21-/m0/s1. The van der Waals surface area contributed by atoms with Crippen molar-refractivity contribution in [3.8, 4) is 0 Å². The molecule has 2 fully saturated rings. The number of anilines is 2. The van der Waals surface area contributed by atoms with Crippen LogP contribution in [0, 0.1) is 11.8 Å². The molecule has 1 aliphatic heterocycles. The van der Waals surface area contributed by atoms with Crippen molar-refractivity contribution in [3.05, 3.63) is 47.1 Å². The van der Waals surface area contributed by atoms with E-state index in [0.29, 0.717) is 11.7 Å². The quantitative estimate of drug-likeness (QED) is 0.514. The van der Waals surface area contributed by atoms with E-state index in [1.54, 1.807) is 0 Å². The van der Waals surface area contributed by atoms with E-state index in [1.807, 2.05) is 0 Å². The monoisotopic (exact) mass is 527 g/mol. The maximum Gasteiger partial charge on any atom is 0.266 e. The Bertz CT molecular complexity index is 1140. The van der Waals surface area contributed by atoms with Gasteiger partial charge in [0.15, 0.2) is 0 Å². The molecule has 0 amide bonds. The molecule has 11 heteroatoms. The average Bonchev–Trinajstić information content (AvgIpc) is 2.81. The van der Waals surface area contributed by atoms with E-state index in [4.69, 9.17) is 11.6 Å². The second-order valence-corrected chi connectivity index (χ2v) is 11.6. The molecule has 2 heterocycles. The number of nitrogens with zero attached hydrogens (tertiary/aromatic N) is 3. The van der Waals surface area contributed by atoms with Crippen LogP contribution in [0.2, 0.25) is 5.02 Å². The highest BCUT2D eigenvalue weighted by Gasteiger charge is 2.33. The van der Waals surface area contributed by atoms with Crippen molar-refractivity contribution in [2.75, 3.05) is 37.2 Å². The van der Waals surface area contributed by atoms with E-state index in [1.165, 1.54) is 12.1 Å². The fraction of sp³-hybridized carbons (Fsp3) is 0.542. The predicted molar refractivity (Wildman–Crippen MR) is 134 cm³/mol. The summed E-state index contributed by atoms with van der Waals surface area (Å²) in [5, 5.41) is 3.51. The molecule has 2 aromatic rings. The van der Waals surface area contributed by atoms with E-state index in [9.17, 15) is 12.8 Å². The molecule has 1 saturated carbocycles. The average molecular weight is 528 g/mol. The summed E-state index contributed by atoms with van der Waals surface area (Å²) in [5.41, 5.74) is 0.362. The summed E-state index contributed by atoms with van der Waals surface area (Å²) in [6, 6.07) is 6.72. The predicted octanol–water partition coefficient (Wildman–Crippen LogP) is 4.56. The van der Waals surface area contributed by atoms with Crippen LogP contribution in [0.5, 0.6) is 0 Å². The highest BCUT2D eigenvalue weighted by atomic mass is 35.5. The first-order valence-electron chi connectivity index (χ1n) is 12.0. The number of sulfonamides is 1. The van der Waals surface area contributed by atoms with E-state index in [0.717, 1.165) is 69.8 Å². The van der Waals surface area contributed by atoms with Crippen molar-refractivity contribution >= 4 is 33.1 Å². The summed E-state index contributed by atoms with van der Waals surface area (Å²) in [7, 11) is -0.0391. The zero-order valence-corrected chi connectivity index (χ0v) is 21.5. The van der Waals surface area contributed by atoms with Gasteiger partial charge in [-0.25, -0.2) is 17.8 Å². The highest BCUT2D eigenvalue weighted by Crippen LogP contribution is 2.33. The molecule has 1 aromatic carbocycles. The first-order valence-corrected chi connectivity index (χ1v) is 13.8. The van der Waals surface area contributed by atoms with Crippen LogP contribution in [-0.4, -0.2) is 68.5 Å². The summed E-state index contributed by atoms with van der Waals surface area (Å²) in [6.07, 6.45) is 6.39. The second kappa shape index (κ2) is 10.9. The second-order valence-electron chi connectivity index (χ2n) is 9.52. The summed E-state index contributed by atoms with van der Waals surface area (Å²) in [6.45, 7) is 2.15. The zero-order chi connectivity index (χ0) is 25.2. The molecule has 0 unspecified atom stereocenters. The lowest BCUT2D eigenvalue weighted by Gasteiger charge is -2.44. The van der Waals surface area contributed by atoms with Crippen LogP contribution in [0.1, 0.15) is 38.5 Å². The lowest BCUT2D eigenvalue weighted by Crippen LogP contribution is -2.53. The van der Waals surface area contributed by atoms with Gasteiger partial charge < -0.3 is 10.2 Å². The van der Waals surface area contributed by atoms with Crippen molar-refractivity contribution in [2.24, 2.45) is 0 Å². The molecular formula is C24H32ClF2N5O2S. The molecule has 7 nitrogen and oxygen atoms in total. The minimum Gasteiger partial charge on any atom is -0.379 e. The van der Waals surface area contributed by atoms with Crippen LogP contribution in [0.4, 0.5) is 20.3 Å². The van der Waals surface area contributed by atoms with Crippen LogP contribution in [-0.2, 0) is 10.0 Å². The number of likely N-dealkylation sites (N-methyl/N-ethyl adjacent to an activating group) is 1. The number of halogens is 3. The Kier molecular flexibility index (Phi) is 8.15. The summed E-state index contributed by atoms with van der Waals surface area (Å²) in [5.74, 6) is -2.04. The van der Waals surface area contributed by atoms with Crippen molar-refractivity contribution in [2.45, 2.75) is 61.5 Å². The van der Waals surface area contributed by atoms with E-state index >= 15 is 4.39 Å². The van der Waals surface area contributed by atoms with Gasteiger partial charge in [0.1, 0.15) is 16.5 Å². The van der Waals surface area contributed by atoms with Crippen LogP contribution in [0.15, 0.2) is 35.2 Å². The Balaban J connectivity index is 1.51. The number of rotatable bonds is 7. The van der Waals surface area contributed by atoms with Crippen LogP contribution in [0.25, 0.3) is 0 Å². The fourth-order valence-electron chi connectivity index (χ4n) is 5.14. The van der Waals surface area contributed by atoms with Gasteiger partial charge in [-0.3, -0.25) is 9.62 Å². The molecule has 192 valence electrons. The number of pyridine rings is 1. The third-order valence-electron chi connectivity index (χ3n) is 7.12. The zero-order valence-electron chi connectivity index (χ0n) is 20.0. The third kappa shape index (κ3) is 6.22. The SMILES string of the molecule is CN1CCC(N(C)[C@H]2CCCC[C@@H]2Nc2cc(F)c(S(=O)(=O)Nc3cccc(F)n3)cc2Cl)CC1. The third-order valence-corrected chi connectivity index (χ3v) is 8.81. The molecular weight excluding hydrogens is 496 g/mol. The van der Waals surface area contributed by atoms with E-state index in [2.05, 4.69) is 38.9 Å². The first kappa shape index (κ1) is 26.1. The molecule has 35 heavy (non-hydrogen) atoms. The van der Waals surface area contributed by atoms with E-state index in [-0.39, 0.29) is 22.9 Å². The van der Waals surface area contributed by atoms with Crippen molar-refractivity contribution in [1.82, 2.24) is 14.8 Å². The van der Waals surface area contributed by atoms with Gasteiger partial charge >= 0.3 is 0 Å². The molecule has 0 spiro atoms. The largest absolute Gasteiger partial charge is 0.379 e. The molecule has 2 aliphatic rings. The number of nitrogens with one attached hydrogen (secondary N) is 2. The van der Waals surface area contributed by atoms with E-state index < -0.39 is 26.7 Å². The smallest absolute Gasteiger partial charge is 0.266 e. The van der Waals surface area contributed by atoms with Crippen molar-refractivity contribution in [3.63, 3.8) is 0 Å². The Morgan fingerprint density at radius 2 is 1.83 bits per heavy atom. The van der Waals surface area contributed by atoms with Crippen LogP contribution < -0.4 is 10.0 Å². The molecule has 1 aromatic heterocycles. The number of piperidine rings is 1. The minimum atomic E-state index is -4.35. The Hall–Kier alpha value is -2.01. The molecule has 2 N–H and O–H groups in total. The minimum absolute atomic E-state index is 0.0717. The molecule has 1 saturated heterocycles. The number of hydrogen-bond acceptors (Lipinski definition) is 6. The number of benzene rings is 1. The number of aromatic nitrogens is 1. The normalized spacial score (nSPS) is 22.3. The summed E-state index contributed by atoms with van der Waals surface area (Å²) >= 11 is 6.43. The van der Waals surface area contributed by atoms with Gasteiger partial charge in [0, 0.05) is 18.1 Å². The van der Waals surface area contributed by atoms with Gasteiger partial charge in [-0.15, -0.1) is 0 Å². The first-order chi connectivity index (χ1) is 16.6. The number of hydrogen-bond donors (Lipinski definition) is 2. The Morgan fingerprint density at radius 1 is 1.11 bits per heavy atom. The lowest BCUT2D eigenvalue weighted by molar-refractivity contribution is 0.0820. The van der Waals surface area contributed by atoms with Crippen molar-refractivity contribution < 1.29 is 17.2 Å². The molecule has 4 rings (SSSR count). The maximum atomic E-state index is 15.0. The maximum absolute atomic E-state index is 15.0. The van der Waals surface area contributed by atoms with Gasteiger partial charge in [0.05, 0.1) is 10.7 Å². The van der Waals surface area contributed by atoms with Crippen LogP contribution in [0.3, 0.4) is 0 Å². The fourth-order valence-corrected chi connectivity index (χ4v) is 6.51. The molecule has 0 radical (unpaired) electrons. The number of likely N-dealkylation sites (tertiary alicyclic amines) is 1.